The highest BCUT2D eigenvalue weighted by Crippen LogP contribution is 2.25. The summed E-state index contributed by atoms with van der Waals surface area (Å²) in [5.41, 5.74) is 1.10. The number of benzene rings is 1. The van der Waals surface area contributed by atoms with E-state index >= 15 is 0 Å². The fourth-order valence-corrected chi connectivity index (χ4v) is 3.94. The molecule has 1 aliphatic heterocycles. The number of aryl methyl sites for hydroxylation is 1. The van der Waals surface area contributed by atoms with Crippen molar-refractivity contribution in [1.82, 2.24) is 14.8 Å². The zero-order valence-electron chi connectivity index (χ0n) is 15.9. The van der Waals surface area contributed by atoms with Crippen LogP contribution in [0.1, 0.15) is 47.8 Å². The lowest BCUT2D eigenvalue weighted by Crippen LogP contribution is -2.39. The van der Waals surface area contributed by atoms with Crippen LogP contribution in [0.15, 0.2) is 36.5 Å². The van der Waals surface area contributed by atoms with Gasteiger partial charge in [-0.05, 0) is 44.1 Å². The predicted octanol–water partition coefficient (Wildman–Crippen LogP) is 3.93. The number of halogens is 1. The second-order valence-corrected chi connectivity index (χ2v) is 7.55. The Labute approximate surface area is 169 Å². The van der Waals surface area contributed by atoms with Crippen LogP contribution >= 0.6 is 11.6 Å². The molecule has 1 aromatic heterocycles. The highest BCUT2D eigenvalue weighted by molar-refractivity contribution is 6.33. The molecule has 28 heavy (non-hydrogen) atoms. The van der Waals surface area contributed by atoms with E-state index in [1.54, 1.807) is 0 Å². The van der Waals surface area contributed by atoms with E-state index in [1.807, 2.05) is 19.3 Å². The van der Waals surface area contributed by atoms with Gasteiger partial charge in [0.25, 0.3) is 11.6 Å². The molecule has 1 N–H and O–H groups in total. The summed E-state index contributed by atoms with van der Waals surface area (Å²) < 4.78 is 2.07. The molecule has 150 valence electrons. The fourth-order valence-electron chi connectivity index (χ4n) is 3.73. The van der Waals surface area contributed by atoms with E-state index in [-0.39, 0.29) is 22.3 Å². The van der Waals surface area contributed by atoms with Crippen molar-refractivity contribution >= 4 is 23.2 Å². The third-order valence-electron chi connectivity index (χ3n) is 5.27. The molecule has 2 aromatic rings. The Bertz CT molecular complexity index is 844. The Morgan fingerprint density at radius 2 is 1.96 bits per heavy atom. The summed E-state index contributed by atoms with van der Waals surface area (Å²) in [4.78, 5) is 25.6. The van der Waals surface area contributed by atoms with Crippen molar-refractivity contribution in [3.63, 3.8) is 0 Å². The summed E-state index contributed by atoms with van der Waals surface area (Å²) in [6.07, 6.45) is 6.74. The molecule has 2 heterocycles. The maximum absolute atomic E-state index is 12.7. The van der Waals surface area contributed by atoms with Crippen molar-refractivity contribution in [3.8, 4) is 0 Å². The summed E-state index contributed by atoms with van der Waals surface area (Å²) in [5, 5.41) is 14.1. The Morgan fingerprint density at radius 3 is 2.57 bits per heavy atom. The van der Waals surface area contributed by atoms with E-state index in [9.17, 15) is 14.9 Å². The topological polar surface area (TPSA) is 80.4 Å². The normalized spacial score (nSPS) is 16.4. The molecule has 1 aliphatic rings. The monoisotopic (exact) mass is 404 g/mol. The molecule has 1 aromatic carbocycles. The third kappa shape index (κ3) is 4.72. The smallest absolute Gasteiger partial charge is 0.270 e. The zero-order chi connectivity index (χ0) is 20.1. The highest BCUT2D eigenvalue weighted by atomic mass is 35.5. The largest absolute Gasteiger partial charge is 0.353 e. The first-order valence-electron chi connectivity index (χ1n) is 9.55. The number of likely N-dealkylation sites (tertiary alicyclic amines) is 1. The summed E-state index contributed by atoms with van der Waals surface area (Å²) in [5.74, 6) is -0.400. The van der Waals surface area contributed by atoms with Crippen LogP contribution in [-0.4, -0.2) is 39.9 Å². The predicted molar refractivity (Wildman–Crippen MR) is 109 cm³/mol. The minimum absolute atomic E-state index is 0.0412. The molecular formula is C20H25ClN4O3. The minimum atomic E-state index is -0.531. The molecule has 0 saturated carbocycles. The molecule has 3 rings (SSSR count). The number of rotatable bonds is 6. The second-order valence-electron chi connectivity index (χ2n) is 7.14. The Kier molecular flexibility index (Phi) is 6.70. The Balaban J connectivity index is 1.78. The number of nitro groups is 1. The van der Waals surface area contributed by atoms with Crippen LogP contribution in [0.2, 0.25) is 5.02 Å². The van der Waals surface area contributed by atoms with Crippen LogP contribution in [0, 0.1) is 10.1 Å². The van der Waals surface area contributed by atoms with Gasteiger partial charge in [-0.2, -0.15) is 0 Å². The van der Waals surface area contributed by atoms with Gasteiger partial charge in [-0.3, -0.25) is 19.8 Å². The van der Waals surface area contributed by atoms with E-state index in [1.165, 1.54) is 31.0 Å². The lowest BCUT2D eigenvalue weighted by molar-refractivity contribution is -0.384. The van der Waals surface area contributed by atoms with Gasteiger partial charge in [-0.25, -0.2) is 0 Å². The number of nitro benzene ring substituents is 1. The van der Waals surface area contributed by atoms with E-state index in [0.717, 1.165) is 31.6 Å². The van der Waals surface area contributed by atoms with Crippen LogP contribution < -0.4 is 5.32 Å². The standard InChI is InChI=1S/C20H25ClN4O3/c1-23-10-6-7-18(23)19(24-11-4-2-3-5-12-24)14-22-20(26)16-13-15(25(27)28)8-9-17(16)21/h6-10,13,19H,2-5,11-12,14H2,1H3,(H,22,26). The van der Waals surface area contributed by atoms with Crippen LogP contribution in [0.4, 0.5) is 5.69 Å². The van der Waals surface area contributed by atoms with Gasteiger partial charge in [0.05, 0.1) is 21.6 Å². The van der Waals surface area contributed by atoms with Gasteiger partial charge in [0.15, 0.2) is 0 Å². The molecule has 0 spiro atoms. The Morgan fingerprint density at radius 1 is 1.25 bits per heavy atom. The zero-order valence-corrected chi connectivity index (χ0v) is 16.7. The minimum Gasteiger partial charge on any atom is -0.353 e. The van der Waals surface area contributed by atoms with E-state index in [2.05, 4.69) is 20.9 Å². The highest BCUT2D eigenvalue weighted by Gasteiger charge is 2.25. The number of aromatic nitrogens is 1. The van der Waals surface area contributed by atoms with E-state index < -0.39 is 10.8 Å². The molecule has 0 bridgehead atoms. The number of carbonyl (C=O) groups is 1. The van der Waals surface area contributed by atoms with Gasteiger partial charge in [0, 0.05) is 37.6 Å². The van der Waals surface area contributed by atoms with Gasteiger partial charge in [-0.15, -0.1) is 0 Å². The average Bonchev–Trinajstić information content (AvgIpc) is 2.92. The number of hydrogen-bond donors (Lipinski definition) is 1. The molecule has 1 saturated heterocycles. The molecule has 0 radical (unpaired) electrons. The molecular weight excluding hydrogens is 380 g/mol. The van der Waals surface area contributed by atoms with Crippen LogP contribution in [-0.2, 0) is 7.05 Å². The molecule has 0 aliphatic carbocycles. The molecule has 1 unspecified atom stereocenters. The summed E-state index contributed by atoms with van der Waals surface area (Å²) in [7, 11) is 2.00. The molecule has 8 heteroatoms. The first kappa shape index (κ1) is 20.4. The van der Waals surface area contributed by atoms with Crippen molar-refractivity contribution in [3.05, 3.63) is 62.9 Å². The summed E-state index contributed by atoms with van der Waals surface area (Å²) >= 11 is 6.11. The number of nitrogens with one attached hydrogen (secondary N) is 1. The lowest BCUT2D eigenvalue weighted by Gasteiger charge is -2.31. The SMILES string of the molecule is Cn1cccc1C(CNC(=O)c1cc([N+](=O)[O-])ccc1Cl)N1CCCCCC1. The van der Waals surface area contributed by atoms with Gasteiger partial charge in [-0.1, -0.05) is 24.4 Å². The van der Waals surface area contributed by atoms with Gasteiger partial charge < -0.3 is 9.88 Å². The number of nitrogens with zero attached hydrogens (tertiary/aromatic N) is 3. The van der Waals surface area contributed by atoms with Crippen molar-refractivity contribution in [2.45, 2.75) is 31.7 Å². The molecule has 7 nitrogen and oxygen atoms in total. The van der Waals surface area contributed by atoms with Gasteiger partial charge in [0.1, 0.15) is 0 Å². The number of hydrogen-bond acceptors (Lipinski definition) is 4. The van der Waals surface area contributed by atoms with Crippen molar-refractivity contribution in [2.24, 2.45) is 7.05 Å². The first-order chi connectivity index (χ1) is 13.5. The van der Waals surface area contributed by atoms with Gasteiger partial charge >= 0.3 is 0 Å². The maximum atomic E-state index is 12.7. The number of amides is 1. The van der Waals surface area contributed by atoms with E-state index in [4.69, 9.17) is 11.6 Å². The number of non-ortho nitro benzene ring substituents is 1. The number of carbonyl (C=O) groups excluding carboxylic acids is 1. The van der Waals surface area contributed by atoms with Crippen LogP contribution in [0.25, 0.3) is 0 Å². The van der Waals surface area contributed by atoms with Crippen molar-refractivity contribution < 1.29 is 9.72 Å². The fraction of sp³-hybridized carbons (Fsp3) is 0.450. The second kappa shape index (κ2) is 9.21. The van der Waals surface area contributed by atoms with Crippen LogP contribution in [0.5, 0.6) is 0 Å². The van der Waals surface area contributed by atoms with Crippen LogP contribution in [0.3, 0.4) is 0 Å². The quantitative estimate of drug-likeness (QED) is 0.584. The third-order valence-corrected chi connectivity index (χ3v) is 5.60. The summed E-state index contributed by atoms with van der Waals surface area (Å²) in [6.45, 7) is 2.39. The van der Waals surface area contributed by atoms with Crippen molar-refractivity contribution in [2.75, 3.05) is 19.6 Å². The first-order valence-corrected chi connectivity index (χ1v) is 9.92. The maximum Gasteiger partial charge on any atom is 0.270 e. The van der Waals surface area contributed by atoms with Gasteiger partial charge in [0.2, 0.25) is 0 Å². The Hall–Kier alpha value is -2.38. The molecule has 1 atom stereocenters. The lowest BCUT2D eigenvalue weighted by atomic mass is 10.1. The van der Waals surface area contributed by atoms with Crippen molar-refractivity contribution in [1.29, 1.82) is 0 Å². The average molecular weight is 405 g/mol. The summed E-state index contributed by atoms with van der Waals surface area (Å²) in [6, 6.07) is 8.02. The molecule has 1 fully saturated rings. The van der Waals surface area contributed by atoms with E-state index in [0.29, 0.717) is 6.54 Å². The molecule has 1 amide bonds.